The van der Waals surface area contributed by atoms with E-state index in [4.69, 9.17) is 23.1 Å². The number of esters is 1. The molecule has 280 valence electrons. The molecule has 2 aliphatic rings. The predicted octanol–water partition coefficient (Wildman–Crippen LogP) is 10.6. The van der Waals surface area contributed by atoms with Crippen LogP contribution in [0.4, 0.5) is 0 Å². The minimum absolute atomic E-state index is 0.0401. The highest BCUT2D eigenvalue weighted by Gasteiger charge is 2.55. The molecule has 1 aliphatic heterocycles. The van der Waals surface area contributed by atoms with E-state index in [1.807, 2.05) is 0 Å². The lowest BCUT2D eigenvalue weighted by atomic mass is 10.0. The van der Waals surface area contributed by atoms with Crippen LogP contribution in [0.5, 0.6) is 0 Å². The minimum Gasteiger partial charge on any atom is -0.461 e. The van der Waals surface area contributed by atoms with Crippen LogP contribution in [0.1, 0.15) is 132 Å². The van der Waals surface area contributed by atoms with Gasteiger partial charge in [0, 0.05) is 45.1 Å². The van der Waals surface area contributed by atoms with Crippen molar-refractivity contribution in [2.24, 2.45) is 11.8 Å². The van der Waals surface area contributed by atoms with Gasteiger partial charge in [0.15, 0.2) is 22.9 Å². The smallest absolute Gasteiger partial charge is 0.302 e. The maximum Gasteiger partial charge on any atom is 0.302 e. The number of ether oxygens (including phenoxy) is 3. The molecule has 0 N–H and O–H groups in total. The molecule has 0 aromatic rings. The van der Waals surface area contributed by atoms with Gasteiger partial charge in [0.2, 0.25) is 0 Å². The summed E-state index contributed by atoms with van der Waals surface area (Å²) in [6.45, 7) is 28.2. The lowest BCUT2D eigenvalue weighted by Gasteiger charge is -2.45. The molecule has 0 radical (unpaired) electrons. The van der Waals surface area contributed by atoms with E-state index >= 15 is 0 Å². The van der Waals surface area contributed by atoms with E-state index in [2.05, 4.69) is 110 Å². The lowest BCUT2D eigenvalue weighted by Crippen LogP contribution is -2.52. The molecular formula is C41H72O6Si2. The van der Waals surface area contributed by atoms with Crippen LogP contribution in [0.3, 0.4) is 0 Å². The Balaban J connectivity index is 2.26. The Hall–Kier alpha value is -1.40. The molecule has 2 fully saturated rings. The first-order valence-electron chi connectivity index (χ1n) is 19.2. The molecule has 8 heteroatoms. The van der Waals surface area contributed by atoms with Gasteiger partial charge in [-0.3, -0.25) is 4.79 Å². The van der Waals surface area contributed by atoms with Gasteiger partial charge >= 0.3 is 5.97 Å². The van der Waals surface area contributed by atoms with Crippen molar-refractivity contribution in [2.45, 2.75) is 193 Å². The molecule has 1 heterocycles. The van der Waals surface area contributed by atoms with E-state index in [9.17, 15) is 4.79 Å². The molecule has 0 amide bonds. The quantitative estimate of drug-likeness (QED) is 0.0463. The highest BCUT2D eigenvalue weighted by Crippen LogP contribution is 2.51. The molecule has 2 rings (SSSR count). The molecule has 1 saturated heterocycles. The van der Waals surface area contributed by atoms with E-state index < -0.39 is 16.6 Å². The number of carbonyl (C=O) groups excluding carboxylic acids is 1. The maximum absolute atomic E-state index is 12.3. The van der Waals surface area contributed by atoms with Crippen molar-refractivity contribution in [3.63, 3.8) is 0 Å². The van der Waals surface area contributed by atoms with Gasteiger partial charge < -0.3 is 23.1 Å². The molecule has 0 spiro atoms. The van der Waals surface area contributed by atoms with Gasteiger partial charge in [-0.05, 0) is 80.7 Å². The zero-order valence-electron chi connectivity index (χ0n) is 33.5. The van der Waals surface area contributed by atoms with Gasteiger partial charge in [0.25, 0.3) is 0 Å². The number of hydrogen-bond acceptors (Lipinski definition) is 6. The number of hydrogen-bond donors (Lipinski definition) is 0. The van der Waals surface area contributed by atoms with Crippen molar-refractivity contribution in [3.05, 3.63) is 12.2 Å². The number of rotatable bonds is 18. The van der Waals surface area contributed by atoms with E-state index in [-0.39, 0.29) is 52.5 Å². The molecular weight excluding hydrogens is 645 g/mol. The first-order valence-corrected chi connectivity index (χ1v) is 25.1. The molecule has 6 atom stereocenters. The Bertz CT molecular complexity index is 1140. The fraction of sp³-hybridized carbons (Fsp3) is 0.829. The minimum atomic E-state index is -2.18. The van der Waals surface area contributed by atoms with Gasteiger partial charge in [-0.1, -0.05) is 85.3 Å². The summed E-state index contributed by atoms with van der Waals surface area (Å²) in [4.78, 5) is 12.3. The highest BCUT2D eigenvalue weighted by molar-refractivity contribution is 6.74. The van der Waals surface area contributed by atoms with Crippen LogP contribution in [0.2, 0.25) is 36.3 Å². The summed E-state index contributed by atoms with van der Waals surface area (Å²) in [6.07, 6.45) is 15.3. The van der Waals surface area contributed by atoms with Crippen LogP contribution in [-0.4, -0.2) is 60.4 Å². The molecule has 1 aliphatic carbocycles. The largest absolute Gasteiger partial charge is 0.461 e. The van der Waals surface area contributed by atoms with Crippen molar-refractivity contribution < 1.29 is 27.9 Å². The third-order valence-corrected chi connectivity index (χ3v) is 19.7. The van der Waals surface area contributed by atoms with Crippen molar-refractivity contribution in [3.8, 4) is 23.7 Å². The number of allylic oxidation sites excluding steroid dienone is 1. The van der Waals surface area contributed by atoms with Crippen LogP contribution in [0.15, 0.2) is 12.2 Å². The topological polar surface area (TPSA) is 63.2 Å². The zero-order valence-corrected chi connectivity index (χ0v) is 35.5. The van der Waals surface area contributed by atoms with Crippen molar-refractivity contribution >= 4 is 22.6 Å². The lowest BCUT2D eigenvalue weighted by molar-refractivity contribution is -0.162. The number of carbonyl (C=O) groups is 1. The second-order valence-corrected chi connectivity index (χ2v) is 26.7. The average molecular weight is 717 g/mol. The first kappa shape index (κ1) is 43.8. The summed E-state index contributed by atoms with van der Waals surface area (Å²) in [5, 5.41) is 0.0887. The molecule has 0 bridgehead atoms. The van der Waals surface area contributed by atoms with Gasteiger partial charge in [0.05, 0.1) is 18.8 Å². The summed E-state index contributed by atoms with van der Waals surface area (Å²) < 4.78 is 32.0. The average Bonchev–Trinajstić information content (AvgIpc) is 3.79. The number of unbranched alkanes of at least 4 members (excludes halogenated alkanes) is 4. The van der Waals surface area contributed by atoms with Gasteiger partial charge in [-0.15, -0.1) is 11.8 Å². The Morgan fingerprint density at radius 2 is 1.53 bits per heavy atom. The summed E-state index contributed by atoms with van der Waals surface area (Å²) in [5.41, 5.74) is 0. The zero-order chi connectivity index (χ0) is 36.7. The summed E-state index contributed by atoms with van der Waals surface area (Å²) >= 11 is 0. The normalized spacial score (nSPS) is 22.0. The maximum atomic E-state index is 12.3. The third kappa shape index (κ3) is 15.8. The van der Waals surface area contributed by atoms with Crippen LogP contribution < -0.4 is 0 Å². The summed E-state index contributed by atoms with van der Waals surface area (Å²) in [7, 11) is -4.35. The van der Waals surface area contributed by atoms with Gasteiger partial charge in [0.1, 0.15) is 6.10 Å². The Labute approximate surface area is 303 Å². The van der Waals surface area contributed by atoms with E-state index in [0.717, 1.165) is 51.6 Å². The highest BCUT2D eigenvalue weighted by atomic mass is 28.4. The molecule has 1 saturated carbocycles. The van der Waals surface area contributed by atoms with Crippen LogP contribution >= 0.6 is 0 Å². The Morgan fingerprint density at radius 1 is 0.878 bits per heavy atom. The van der Waals surface area contributed by atoms with E-state index in [1.54, 1.807) is 0 Å². The monoisotopic (exact) mass is 716 g/mol. The Kier molecular flexibility index (Phi) is 18.4. The second kappa shape index (κ2) is 20.6. The molecule has 49 heavy (non-hydrogen) atoms. The fourth-order valence-corrected chi connectivity index (χ4v) is 8.14. The predicted molar refractivity (Wildman–Crippen MR) is 208 cm³/mol. The van der Waals surface area contributed by atoms with Crippen LogP contribution in [0.25, 0.3) is 0 Å². The first-order chi connectivity index (χ1) is 22.9. The molecule has 6 nitrogen and oxygen atoms in total. The van der Waals surface area contributed by atoms with E-state index in [1.165, 1.54) is 26.2 Å². The molecule has 0 aromatic carbocycles. The fourth-order valence-electron chi connectivity index (χ4n) is 5.55. The molecule has 0 aromatic heterocycles. The summed E-state index contributed by atoms with van der Waals surface area (Å²) in [6, 6.07) is 0. The van der Waals surface area contributed by atoms with Gasteiger partial charge in [-0.2, -0.15) is 0 Å². The third-order valence-electron chi connectivity index (χ3n) is 10.8. The second-order valence-electron chi connectivity index (χ2n) is 17.2. The standard InChI is InChI=1S/C41H72O6Si2/c1-13-14-15-16-17-18-19-23-28-37(46-48(9,10)40(3,4)5)39(47-49(11,12)41(6,7)8)35-32-34(35)36(45-33(2)42)27-22-20-21-25-30-43-38-29-24-26-31-44-38/h23,28,34-39H,13-16,19,21,24-27,29-32H2,1-12H3/b28-23-/t34-,35-,36-,37-,38?,39-/m1/s1. The summed E-state index contributed by atoms with van der Waals surface area (Å²) in [5.74, 6) is 13.5. The van der Waals surface area contributed by atoms with Crippen molar-refractivity contribution in [1.82, 2.24) is 0 Å². The van der Waals surface area contributed by atoms with Crippen LogP contribution in [0, 0.1) is 35.5 Å². The SMILES string of the molecule is CCCCCC#CC/C=C\[C@@H](O[Si](C)(C)C(C)(C)C)[C@H](O[Si](C)(C)C(C)(C)C)[C@@H]1C[C@H]1[C@@H](CC#CCCCOC1CCCCO1)OC(C)=O. The molecule has 1 unspecified atom stereocenters. The van der Waals surface area contributed by atoms with E-state index in [0.29, 0.717) is 19.4 Å². The van der Waals surface area contributed by atoms with Gasteiger partial charge in [-0.25, -0.2) is 0 Å². The van der Waals surface area contributed by atoms with Crippen molar-refractivity contribution in [1.29, 1.82) is 0 Å². The Morgan fingerprint density at radius 3 is 2.14 bits per heavy atom. The van der Waals surface area contributed by atoms with Crippen LogP contribution in [-0.2, 0) is 27.9 Å². The van der Waals surface area contributed by atoms with Crippen molar-refractivity contribution in [2.75, 3.05) is 13.2 Å².